The van der Waals surface area contributed by atoms with Crippen LogP contribution in [0.2, 0.25) is 10.0 Å². The lowest BCUT2D eigenvalue weighted by atomic mass is 10.3. The van der Waals surface area contributed by atoms with E-state index in [4.69, 9.17) is 37.8 Å². The molecule has 0 radical (unpaired) electrons. The normalized spacial score (nSPS) is 11.6. The molecular formula is C11H15Cl2NO4S. The zero-order valence-corrected chi connectivity index (χ0v) is 12.7. The molecule has 0 fully saturated rings. The van der Waals surface area contributed by atoms with Crippen molar-refractivity contribution in [1.29, 1.82) is 0 Å². The number of rotatable bonds is 7. The van der Waals surface area contributed by atoms with Gasteiger partial charge < -0.3 is 9.47 Å². The minimum Gasteiger partial charge on any atom is -0.492 e. The van der Waals surface area contributed by atoms with Gasteiger partial charge in [-0.1, -0.05) is 23.2 Å². The lowest BCUT2D eigenvalue weighted by Crippen LogP contribution is -2.13. The Morgan fingerprint density at radius 2 is 1.79 bits per heavy atom. The zero-order chi connectivity index (χ0) is 14.5. The highest BCUT2D eigenvalue weighted by Gasteiger charge is 2.18. The van der Waals surface area contributed by atoms with Crippen molar-refractivity contribution in [3.05, 3.63) is 22.2 Å². The molecule has 0 aliphatic rings. The molecule has 1 aromatic carbocycles. The van der Waals surface area contributed by atoms with Crippen molar-refractivity contribution in [3.63, 3.8) is 0 Å². The van der Waals surface area contributed by atoms with Crippen LogP contribution in [0.1, 0.15) is 12.8 Å². The number of methoxy groups -OCH3 is 1. The third-order valence-corrected chi connectivity index (χ3v) is 4.25. The second-order valence-electron chi connectivity index (χ2n) is 3.78. The van der Waals surface area contributed by atoms with Gasteiger partial charge in [0.25, 0.3) is 0 Å². The maximum atomic E-state index is 11.2. The molecule has 0 unspecified atom stereocenters. The molecule has 8 heteroatoms. The molecule has 0 saturated heterocycles. The molecule has 0 aliphatic heterocycles. The van der Waals surface area contributed by atoms with Gasteiger partial charge in [0, 0.05) is 13.7 Å². The van der Waals surface area contributed by atoms with Crippen molar-refractivity contribution in [2.75, 3.05) is 20.3 Å². The largest absolute Gasteiger partial charge is 0.492 e. The Hall–Kier alpha value is -0.530. The van der Waals surface area contributed by atoms with Crippen LogP contribution in [0.5, 0.6) is 5.75 Å². The van der Waals surface area contributed by atoms with Crippen molar-refractivity contribution in [3.8, 4) is 5.75 Å². The van der Waals surface area contributed by atoms with Gasteiger partial charge >= 0.3 is 0 Å². The first-order chi connectivity index (χ1) is 8.88. The second kappa shape index (κ2) is 7.31. The molecule has 1 rings (SSSR count). The fraction of sp³-hybridized carbons (Fsp3) is 0.455. The Balaban J connectivity index is 2.75. The lowest BCUT2D eigenvalue weighted by Gasteiger charge is -2.11. The minimum absolute atomic E-state index is 0.0416. The summed E-state index contributed by atoms with van der Waals surface area (Å²) in [5.74, 6) is 0.330. The number of nitrogens with two attached hydrogens (primary N) is 1. The van der Waals surface area contributed by atoms with Gasteiger partial charge in [0.05, 0.1) is 11.6 Å². The molecule has 0 amide bonds. The van der Waals surface area contributed by atoms with Gasteiger partial charge in [0.15, 0.2) is 0 Å². The Bertz CT molecular complexity index is 534. The SMILES string of the molecule is COCCCCOc1ccc(S(N)(=O)=O)c(Cl)c1Cl. The molecule has 0 bridgehead atoms. The standard InChI is InChI=1S/C11H15Cl2NO4S/c1-17-6-2-3-7-18-8-4-5-9(19(14,15)16)11(13)10(8)12/h4-5H,2-3,6-7H2,1H3,(H2,14,15,16). The van der Waals surface area contributed by atoms with Crippen LogP contribution >= 0.6 is 23.2 Å². The molecule has 108 valence electrons. The fourth-order valence-corrected chi connectivity index (χ4v) is 2.74. The first kappa shape index (κ1) is 16.5. The maximum absolute atomic E-state index is 11.2. The molecule has 0 saturated carbocycles. The van der Waals surface area contributed by atoms with Crippen LogP contribution in [-0.2, 0) is 14.8 Å². The molecule has 0 atom stereocenters. The quantitative estimate of drug-likeness (QED) is 0.780. The van der Waals surface area contributed by atoms with Crippen molar-refractivity contribution >= 4 is 33.2 Å². The van der Waals surface area contributed by atoms with E-state index in [-0.39, 0.29) is 14.9 Å². The number of primary sulfonamides is 1. The van der Waals surface area contributed by atoms with E-state index in [1.165, 1.54) is 12.1 Å². The summed E-state index contributed by atoms with van der Waals surface area (Å²) in [5, 5.41) is 4.92. The highest BCUT2D eigenvalue weighted by molar-refractivity contribution is 7.89. The molecular weight excluding hydrogens is 313 g/mol. The molecule has 2 N–H and O–H groups in total. The second-order valence-corrected chi connectivity index (χ2v) is 6.07. The highest BCUT2D eigenvalue weighted by atomic mass is 35.5. The van der Waals surface area contributed by atoms with E-state index in [0.717, 1.165) is 12.8 Å². The predicted octanol–water partition coefficient (Wildman–Crippen LogP) is 2.45. The third-order valence-electron chi connectivity index (χ3n) is 2.32. The van der Waals surface area contributed by atoms with E-state index in [9.17, 15) is 8.42 Å². The summed E-state index contributed by atoms with van der Waals surface area (Å²) in [4.78, 5) is -0.217. The minimum atomic E-state index is -3.89. The number of ether oxygens (including phenoxy) is 2. The number of unbranched alkanes of at least 4 members (excludes halogenated alkanes) is 1. The van der Waals surface area contributed by atoms with Crippen LogP contribution in [0, 0.1) is 0 Å². The molecule has 0 aromatic heterocycles. The van der Waals surface area contributed by atoms with Gasteiger partial charge in [-0.05, 0) is 25.0 Å². The average molecular weight is 328 g/mol. The Morgan fingerprint density at radius 1 is 1.16 bits per heavy atom. The summed E-state index contributed by atoms with van der Waals surface area (Å²) in [6, 6.07) is 2.71. The van der Waals surface area contributed by atoms with Gasteiger partial charge in [-0.3, -0.25) is 0 Å². The predicted molar refractivity (Wildman–Crippen MR) is 74.4 cm³/mol. The van der Waals surface area contributed by atoms with Gasteiger partial charge in [-0.2, -0.15) is 0 Å². The van der Waals surface area contributed by atoms with E-state index in [2.05, 4.69) is 0 Å². The van der Waals surface area contributed by atoms with Gasteiger partial charge in [-0.15, -0.1) is 0 Å². The molecule has 19 heavy (non-hydrogen) atoms. The molecule has 0 aliphatic carbocycles. The summed E-state index contributed by atoms with van der Waals surface area (Å²) >= 11 is 11.8. The lowest BCUT2D eigenvalue weighted by molar-refractivity contribution is 0.184. The van der Waals surface area contributed by atoms with Crippen molar-refractivity contribution in [2.24, 2.45) is 5.14 Å². The monoisotopic (exact) mass is 327 g/mol. The summed E-state index contributed by atoms with van der Waals surface area (Å²) in [6.45, 7) is 1.09. The van der Waals surface area contributed by atoms with Crippen LogP contribution < -0.4 is 9.88 Å². The van der Waals surface area contributed by atoms with Gasteiger partial charge in [0.2, 0.25) is 10.0 Å². The smallest absolute Gasteiger partial charge is 0.239 e. The number of sulfonamides is 1. The number of hydrogen-bond donors (Lipinski definition) is 1. The van der Waals surface area contributed by atoms with Crippen molar-refractivity contribution in [1.82, 2.24) is 0 Å². The summed E-state index contributed by atoms with van der Waals surface area (Å²) in [5.41, 5.74) is 0. The maximum Gasteiger partial charge on any atom is 0.239 e. The highest BCUT2D eigenvalue weighted by Crippen LogP contribution is 2.36. The first-order valence-corrected chi connectivity index (χ1v) is 7.80. The van der Waals surface area contributed by atoms with E-state index < -0.39 is 10.0 Å². The summed E-state index contributed by atoms with van der Waals surface area (Å²) in [6.07, 6.45) is 1.65. The number of halogens is 2. The molecule has 1 aromatic rings. The fourth-order valence-electron chi connectivity index (χ4n) is 1.38. The Labute approximate surface area is 122 Å². The first-order valence-electron chi connectivity index (χ1n) is 5.50. The van der Waals surface area contributed by atoms with E-state index >= 15 is 0 Å². The van der Waals surface area contributed by atoms with Crippen LogP contribution in [0.25, 0.3) is 0 Å². The van der Waals surface area contributed by atoms with E-state index in [1.54, 1.807) is 7.11 Å². The third kappa shape index (κ3) is 4.81. The Morgan fingerprint density at radius 3 is 2.37 bits per heavy atom. The Kier molecular flexibility index (Phi) is 6.35. The van der Waals surface area contributed by atoms with Crippen LogP contribution in [0.15, 0.2) is 17.0 Å². The molecule has 5 nitrogen and oxygen atoms in total. The van der Waals surface area contributed by atoms with E-state index in [0.29, 0.717) is 19.0 Å². The van der Waals surface area contributed by atoms with E-state index in [1.807, 2.05) is 0 Å². The topological polar surface area (TPSA) is 78.6 Å². The van der Waals surface area contributed by atoms with Crippen molar-refractivity contribution < 1.29 is 17.9 Å². The number of benzene rings is 1. The summed E-state index contributed by atoms with van der Waals surface area (Å²) < 4.78 is 32.8. The van der Waals surface area contributed by atoms with Crippen LogP contribution in [-0.4, -0.2) is 28.7 Å². The summed E-state index contributed by atoms with van der Waals surface area (Å²) in [7, 11) is -2.27. The zero-order valence-electron chi connectivity index (χ0n) is 10.4. The number of hydrogen-bond acceptors (Lipinski definition) is 4. The molecule has 0 heterocycles. The average Bonchev–Trinajstić information content (AvgIpc) is 2.32. The van der Waals surface area contributed by atoms with Gasteiger partial charge in [0.1, 0.15) is 15.7 Å². The van der Waals surface area contributed by atoms with Crippen molar-refractivity contribution in [2.45, 2.75) is 17.7 Å². The molecule has 0 spiro atoms. The van der Waals surface area contributed by atoms with Gasteiger partial charge in [-0.25, -0.2) is 13.6 Å². The van der Waals surface area contributed by atoms with Crippen LogP contribution in [0.3, 0.4) is 0 Å². The van der Waals surface area contributed by atoms with Crippen LogP contribution in [0.4, 0.5) is 0 Å².